The third-order valence-corrected chi connectivity index (χ3v) is 19.6. The van der Waals surface area contributed by atoms with Crippen LogP contribution in [-0.4, -0.2) is 50.9 Å². The molecule has 240 valence electrons. The van der Waals surface area contributed by atoms with E-state index in [-0.39, 0.29) is 33.9 Å². The smallest absolute Gasteiger partial charge is 0.192 e. The van der Waals surface area contributed by atoms with Gasteiger partial charge in [-0.25, -0.2) is 0 Å². The van der Waals surface area contributed by atoms with Gasteiger partial charge in [0.05, 0.1) is 24.9 Å². The minimum Gasteiger partial charge on any atom is -0.414 e. The number of hydrogen-bond acceptors (Lipinski definition) is 5. The predicted molar refractivity (Wildman–Crippen MR) is 168 cm³/mol. The van der Waals surface area contributed by atoms with Crippen LogP contribution in [0.25, 0.3) is 0 Å². The highest BCUT2D eigenvalue weighted by Gasteiger charge is 2.73. The summed E-state index contributed by atoms with van der Waals surface area (Å²) in [7, 11) is -1.83. The molecule has 7 aliphatic rings. The van der Waals surface area contributed by atoms with Crippen molar-refractivity contribution in [2.24, 2.45) is 52.3 Å². The van der Waals surface area contributed by atoms with Gasteiger partial charge in [-0.1, -0.05) is 48.5 Å². The second-order valence-electron chi connectivity index (χ2n) is 18.8. The van der Waals surface area contributed by atoms with Crippen molar-refractivity contribution in [3.05, 3.63) is 0 Å². The third kappa shape index (κ3) is 4.30. The summed E-state index contributed by atoms with van der Waals surface area (Å²) in [6.45, 7) is 27.2. The van der Waals surface area contributed by atoms with E-state index in [1.54, 1.807) is 0 Å². The van der Waals surface area contributed by atoms with Crippen molar-refractivity contribution < 1.29 is 23.4 Å². The summed E-state index contributed by atoms with van der Waals surface area (Å²) in [5, 5.41) is 0.232. The first kappa shape index (κ1) is 30.7. The molecule has 0 aromatic carbocycles. The van der Waals surface area contributed by atoms with E-state index in [0.717, 1.165) is 25.9 Å². The summed E-state index contributed by atoms with van der Waals surface area (Å²) in [4.78, 5) is 0. The van der Waals surface area contributed by atoms with Crippen LogP contribution in [0.1, 0.15) is 114 Å². The average Bonchev–Trinajstić information content (AvgIpc) is 3.46. The maximum Gasteiger partial charge on any atom is 0.192 e. The number of rotatable bonds is 2. The molecule has 3 saturated heterocycles. The molecular formula is C36H62O5Si. The fraction of sp³-hybridized carbons (Fsp3) is 1.00. The number of ether oxygens (including phenoxy) is 4. The number of hydrogen-bond donors (Lipinski definition) is 0. The molecule has 3 aliphatic heterocycles. The van der Waals surface area contributed by atoms with Crippen LogP contribution < -0.4 is 0 Å². The Hall–Kier alpha value is 0.0169. The maximum atomic E-state index is 7.10. The van der Waals surface area contributed by atoms with Crippen LogP contribution in [0, 0.1) is 52.3 Å². The van der Waals surface area contributed by atoms with Crippen LogP contribution in [0.15, 0.2) is 0 Å². The normalized spacial score (nSPS) is 55.1. The second kappa shape index (κ2) is 9.53. The Kier molecular flexibility index (Phi) is 6.96. The standard InChI is InChI=1S/C36H62O5Si/c1-21-12-17-36(37-20-21)22(2)29-27(38-36)19-25-28-24(14-16-35(25,29)9)34(8)15-13-23(41-42(10,11)32(3,4)5)18-26(34)30-31(28)40-33(6,7)39-30/h21-31H,12-20H2,1-11H3/t21-,22+,23+,24+,25+,26-,27+,28-,29+,30-,31-,34-,35+,36-/m1/s1. The molecule has 7 rings (SSSR count). The van der Waals surface area contributed by atoms with E-state index in [9.17, 15) is 0 Å². The van der Waals surface area contributed by atoms with Gasteiger partial charge in [0, 0.05) is 18.4 Å². The van der Waals surface area contributed by atoms with Gasteiger partial charge in [-0.2, -0.15) is 0 Å². The molecule has 4 aliphatic carbocycles. The minimum atomic E-state index is -1.83. The monoisotopic (exact) mass is 602 g/mol. The SMILES string of the molecule is C[C@@H]1CC[C@@]2(OC1)O[C@H]1C[C@H]3[C@@H]4[C@H]5OC(C)(C)O[C@@H]5[C@H]5C[C@@H](O[Si](C)(C)C(C)(C)C)CC[C@]5(C)[C@H]4CC[C@]3(C)[C@H]1[C@@H]2C. The average molecular weight is 603 g/mol. The molecule has 0 N–H and O–H groups in total. The van der Waals surface area contributed by atoms with E-state index in [4.69, 9.17) is 23.4 Å². The van der Waals surface area contributed by atoms with Gasteiger partial charge in [-0.3, -0.25) is 0 Å². The quantitative estimate of drug-likeness (QED) is 0.296. The van der Waals surface area contributed by atoms with Gasteiger partial charge in [0.25, 0.3) is 0 Å². The molecule has 6 heteroatoms. The Labute approximate surface area is 258 Å². The Bertz CT molecular complexity index is 1060. The van der Waals surface area contributed by atoms with Gasteiger partial charge in [0.1, 0.15) is 0 Å². The van der Waals surface area contributed by atoms with Gasteiger partial charge in [0.2, 0.25) is 0 Å². The van der Waals surface area contributed by atoms with Gasteiger partial charge < -0.3 is 23.4 Å². The van der Waals surface area contributed by atoms with E-state index in [1.807, 2.05) is 0 Å². The summed E-state index contributed by atoms with van der Waals surface area (Å²) in [6, 6.07) is 0. The lowest BCUT2D eigenvalue weighted by Gasteiger charge is -2.64. The molecule has 0 aromatic heterocycles. The van der Waals surface area contributed by atoms with Crippen LogP contribution in [0.2, 0.25) is 18.1 Å². The predicted octanol–water partition coefficient (Wildman–Crippen LogP) is 8.56. The summed E-state index contributed by atoms with van der Waals surface area (Å²) in [5.41, 5.74) is 0.548. The topological polar surface area (TPSA) is 46.2 Å². The maximum absolute atomic E-state index is 7.10. The first-order chi connectivity index (χ1) is 19.4. The molecule has 7 fully saturated rings. The Morgan fingerprint density at radius 3 is 2.12 bits per heavy atom. The fourth-order valence-corrected chi connectivity index (χ4v) is 13.3. The fourth-order valence-electron chi connectivity index (χ4n) is 11.9. The summed E-state index contributed by atoms with van der Waals surface area (Å²) >= 11 is 0. The van der Waals surface area contributed by atoms with Crippen molar-refractivity contribution >= 4 is 8.32 Å². The summed E-state index contributed by atoms with van der Waals surface area (Å²) < 4.78 is 34.7. The lowest BCUT2D eigenvalue weighted by Crippen LogP contribution is -2.64. The van der Waals surface area contributed by atoms with Crippen molar-refractivity contribution in [1.29, 1.82) is 0 Å². The first-order valence-corrected chi connectivity index (χ1v) is 20.7. The molecule has 0 radical (unpaired) electrons. The van der Waals surface area contributed by atoms with Crippen molar-refractivity contribution in [3.63, 3.8) is 0 Å². The first-order valence-electron chi connectivity index (χ1n) is 17.8. The zero-order chi connectivity index (χ0) is 30.3. The van der Waals surface area contributed by atoms with Crippen molar-refractivity contribution in [1.82, 2.24) is 0 Å². The molecule has 0 aromatic rings. The van der Waals surface area contributed by atoms with Gasteiger partial charge in [-0.05, 0) is 123 Å². The summed E-state index contributed by atoms with van der Waals surface area (Å²) in [6.07, 6.45) is 10.6. The van der Waals surface area contributed by atoms with Crippen LogP contribution >= 0.6 is 0 Å². The Morgan fingerprint density at radius 2 is 1.45 bits per heavy atom. The van der Waals surface area contributed by atoms with E-state index in [0.29, 0.717) is 53.6 Å². The number of fused-ring (bicyclic) bond motifs is 10. The molecular weight excluding hydrogens is 540 g/mol. The molecule has 0 amide bonds. The van der Waals surface area contributed by atoms with E-state index < -0.39 is 14.1 Å². The minimum absolute atomic E-state index is 0.160. The Balaban J connectivity index is 1.18. The van der Waals surface area contributed by atoms with Crippen LogP contribution in [0.4, 0.5) is 0 Å². The molecule has 0 bridgehead atoms. The molecule has 5 nitrogen and oxygen atoms in total. The zero-order valence-electron chi connectivity index (χ0n) is 28.8. The van der Waals surface area contributed by atoms with Crippen molar-refractivity contribution in [2.75, 3.05) is 6.61 Å². The van der Waals surface area contributed by atoms with Gasteiger partial charge in [0.15, 0.2) is 19.9 Å². The molecule has 1 spiro atoms. The van der Waals surface area contributed by atoms with E-state index in [1.165, 1.54) is 32.1 Å². The second-order valence-corrected chi connectivity index (χ2v) is 23.5. The molecule has 0 unspecified atom stereocenters. The van der Waals surface area contributed by atoms with Crippen molar-refractivity contribution in [3.8, 4) is 0 Å². The van der Waals surface area contributed by atoms with Gasteiger partial charge >= 0.3 is 0 Å². The lowest BCUT2D eigenvalue weighted by molar-refractivity contribution is -0.274. The van der Waals surface area contributed by atoms with Crippen LogP contribution in [-0.2, 0) is 23.4 Å². The van der Waals surface area contributed by atoms with Crippen LogP contribution in [0.3, 0.4) is 0 Å². The Morgan fingerprint density at radius 1 is 0.762 bits per heavy atom. The highest BCUT2D eigenvalue weighted by Crippen LogP contribution is 2.72. The van der Waals surface area contributed by atoms with E-state index >= 15 is 0 Å². The van der Waals surface area contributed by atoms with Gasteiger partial charge in [-0.15, -0.1) is 0 Å². The third-order valence-electron chi connectivity index (χ3n) is 15.0. The lowest BCUT2D eigenvalue weighted by atomic mass is 9.43. The zero-order valence-corrected chi connectivity index (χ0v) is 29.8. The van der Waals surface area contributed by atoms with Crippen molar-refractivity contribution in [2.45, 2.75) is 168 Å². The summed E-state index contributed by atoms with van der Waals surface area (Å²) in [5.74, 6) is 3.13. The molecule has 3 heterocycles. The van der Waals surface area contributed by atoms with Crippen LogP contribution in [0.5, 0.6) is 0 Å². The molecule has 4 saturated carbocycles. The highest BCUT2D eigenvalue weighted by atomic mass is 28.4. The molecule has 42 heavy (non-hydrogen) atoms. The largest absolute Gasteiger partial charge is 0.414 e. The highest BCUT2D eigenvalue weighted by molar-refractivity contribution is 6.74. The molecule has 14 atom stereocenters. The van der Waals surface area contributed by atoms with E-state index in [2.05, 4.69) is 75.4 Å².